The molecule has 3 aliphatic heterocycles. The van der Waals surface area contributed by atoms with Crippen LogP contribution in [0.15, 0.2) is 35.5 Å². The van der Waals surface area contributed by atoms with Crippen molar-refractivity contribution in [2.45, 2.75) is 32.4 Å². The van der Waals surface area contributed by atoms with Crippen molar-refractivity contribution >= 4 is 39.5 Å². The van der Waals surface area contributed by atoms with Crippen LogP contribution in [0.25, 0.3) is 0 Å². The van der Waals surface area contributed by atoms with Gasteiger partial charge in [0.2, 0.25) is 21.8 Å². The van der Waals surface area contributed by atoms with Crippen molar-refractivity contribution in [2.75, 3.05) is 25.9 Å². The van der Waals surface area contributed by atoms with E-state index in [-0.39, 0.29) is 36.0 Å². The molecular formula is C24H28N4O10S. The Morgan fingerprint density at radius 1 is 1.23 bits per heavy atom. The van der Waals surface area contributed by atoms with Crippen LogP contribution in [0.5, 0.6) is 0 Å². The molecule has 39 heavy (non-hydrogen) atoms. The zero-order valence-electron chi connectivity index (χ0n) is 21.4. The quantitative estimate of drug-likeness (QED) is 0.139. The van der Waals surface area contributed by atoms with Gasteiger partial charge in [0.25, 0.3) is 5.69 Å². The Morgan fingerprint density at radius 3 is 2.44 bits per heavy atom. The highest BCUT2D eigenvalue weighted by Crippen LogP contribution is 2.47. The van der Waals surface area contributed by atoms with Crippen LogP contribution in [0.4, 0.5) is 5.69 Å². The number of nitro groups is 1. The molecule has 3 aliphatic rings. The molecule has 3 heterocycles. The number of hydrogen-bond donors (Lipinski definition) is 2. The number of nitrogens with one attached hydrogen (secondary N) is 1. The lowest BCUT2D eigenvalue weighted by molar-refractivity contribution is -0.384. The summed E-state index contributed by atoms with van der Waals surface area (Å²) in [6.07, 6.45) is 0.290. The third-order valence-corrected chi connectivity index (χ3v) is 7.90. The fourth-order valence-electron chi connectivity index (χ4n) is 5.45. The minimum Gasteiger partial charge on any atom is -0.393 e. The van der Waals surface area contributed by atoms with Gasteiger partial charge in [-0.05, 0) is 37.6 Å². The first kappa shape index (κ1) is 28.3. The predicted molar refractivity (Wildman–Crippen MR) is 133 cm³/mol. The second kappa shape index (κ2) is 10.5. The van der Waals surface area contributed by atoms with Gasteiger partial charge in [-0.25, -0.2) is 18.0 Å². The number of nitrogens with zero attached hydrogens (tertiary/aromatic N) is 3. The van der Waals surface area contributed by atoms with E-state index in [4.69, 9.17) is 4.74 Å². The lowest BCUT2D eigenvalue weighted by atomic mass is 9.77. The Balaban J connectivity index is 1.56. The molecule has 2 fully saturated rings. The van der Waals surface area contributed by atoms with Crippen LogP contribution in [0.1, 0.15) is 30.6 Å². The molecule has 14 nitrogen and oxygen atoms in total. The van der Waals surface area contributed by atoms with Gasteiger partial charge in [-0.15, -0.1) is 0 Å². The van der Waals surface area contributed by atoms with Gasteiger partial charge < -0.3 is 14.7 Å². The maximum atomic E-state index is 13.3. The van der Waals surface area contributed by atoms with E-state index in [0.717, 1.165) is 30.5 Å². The van der Waals surface area contributed by atoms with Crippen molar-refractivity contribution in [1.82, 2.24) is 14.5 Å². The molecule has 1 aromatic carbocycles. The molecule has 2 amide bonds. The van der Waals surface area contributed by atoms with Gasteiger partial charge in [0.05, 0.1) is 40.7 Å². The molecule has 0 bridgehead atoms. The minimum atomic E-state index is -3.72. The standard InChI is InChI=1S/C24H28N4O10S/c1-12-17(11-26-9-8-15(10-26)21(30)25-39(3,36)37)20(27-19(12)18(13(2)29)22(27)31)24(33)38-23(32)14-4-6-16(7-5-14)28(34)35/h4-7,12-13,15,18-19,29H,8-11H2,1-3H3,(H,25,30)/t12-,13+,15-,18+,19+/m0/s1. The Labute approximate surface area is 223 Å². The average Bonchev–Trinajstić information content (AvgIpc) is 3.40. The summed E-state index contributed by atoms with van der Waals surface area (Å²) in [5.74, 6) is -4.99. The van der Waals surface area contributed by atoms with E-state index in [9.17, 15) is 42.8 Å². The molecule has 2 saturated heterocycles. The summed E-state index contributed by atoms with van der Waals surface area (Å²) in [5, 5.41) is 21.0. The summed E-state index contributed by atoms with van der Waals surface area (Å²) in [4.78, 5) is 64.4. The lowest BCUT2D eigenvalue weighted by Gasteiger charge is -2.46. The van der Waals surface area contributed by atoms with Gasteiger partial charge in [-0.2, -0.15) is 0 Å². The number of esters is 2. The Hall–Kier alpha value is -3.69. The van der Waals surface area contributed by atoms with E-state index in [2.05, 4.69) is 0 Å². The molecule has 2 N–H and O–H groups in total. The van der Waals surface area contributed by atoms with Gasteiger partial charge in [-0.3, -0.25) is 29.3 Å². The molecule has 15 heteroatoms. The first-order valence-electron chi connectivity index (χ1n) is 12.2. The van der Waals surface area contributed by atoms with E-state index in [1.165, 1.54) is 11.8 Å². The highest BCUT2D eigenvalue weighted by atomic mass is 32.2. The van der Waals surface area contributed by atoms with Crippen LogP contribution >= 0.6 is 0 Å². The molecule has 0 saturated carbocycles. The topological polar surface area (TPSA) is 194 Å². The number of aliphatic hydroxyl groups is 1. The largest absolute Gasteiger partial charge is 0.393 e. The monoisotopic (exact) mass is 564 g/mol. The molecule has 0 unspecified atom stereocenters. The van der Waals surface area contributed by atoms with Gasteiger partial charge in [0.15, 0.2) is 0 Å². The minimum absolute atomic E-state index is 0.102. The number of β-lactam (4-membered cyclic amide) rings is 1. The summed E-state index contributed by atoms with van der Waals surface area (Å²) in [7, 11) is -3.72. The van der Waals surface area contributed by atoms with Crippen LogP contribution in [0.2, 0.25) is 0 Å². The molecule has 210 valence electrons. The first-order valence-corrected chi connectivity index (χ1v) is 14.1. The summed E-state index contributed by atoms with van der Waals surface area (Å²) >= 11 is 0. The smallest absolute Gasteiger partial charge is 0.362 e. The molecule has 0 spiro atoms. The van der Waals surface area contributed by atoms with Gasteiger partial charge in [0.1, 0.15) is 5.70 Å². The number of rotatable bonds is 8. The molecule has 0 aliphatic carbocycles. The first-order chi connectivity index (χ1) is 18.2. The van der Waals surface area contributed by atoms with Crippen molar-refractivity contribution in [1.29, 1.82) is 0 Å². The number of benzene rings is 1. The van der Waals surface area contributed by atoms with Crippen LogP contribution in [-0.4, -0.2) is 90.0 Å². The lowest BCUT2D eigenvalue weighted by Crippen LogP contribution is -2.63. The number of amides is 2. The van der Waals surface area contributed by atoms with E-state index >= 15 is 0 Å². The molecule has 1 aromatic rings. The highest BCUT2D eigenvalue weighted by Gasteiger charge is 2.60. The number of sulfonamides is 1. The van der Waals surface area contributed by atoms with Crippen LogP contribution in [0, 0.1) is 27.9 Å². The Kier molecular flexibility index (Phi) is 7.60. The third kappa shape index (κ3) is 5.55. The van der Waals surface area contributed by atoms with Crippen molar-refractivity contribution < 1.29 is 42.4 Å². The summed E-state index contributed by atoms with van der Waals surface area (Å²) in [5.41, 5.74) is 0.0189. The van der Waals surface area contributed by atoms with E-state index < -0.39 is 62.7 Å². The number of nitro benzene ring substituents is 1. The number of aliphatic hydroxyl groups excluding tert-OH is 1. The Bertz CT molecular complexity index is 1370. The third-order valence-electron chi connectivity index (χ3n) is 7.33. The predicted octanol–water partition coefficient (Wildman–Crippen LogP) is -0.212. The number of ether oxygens (including phenoxy) is 1. The normalized spacial score (nSPS) is 25.6. The molecule has 4 rings (SSSR count). The molecular weight excluding hydrogens is 536 g/mol. The van der Waals surface area contributed by atoms with Crippen molar-refractivity contribution in [3.05, 3.63) is 51.2 Å². The maximum Gasteiger partial charge on any atom is 0.362 e. The molecule has 0 aromatic heterocycles. The van der Waals surface area contributed by atoms with Gasteiger partial charge in [0, 0.05) is 31.1 Å². The number of hydrogen-bond acceptors (Lipinski definition) is 11. The second-order valence-corrected chi connectivity index (χ2v) is 11.8. The van der Waals surface area contributed by atoms with Crippen molar-refractivity contribution in [3.8, 4) is 0 Å². The van der Waals surface area contributed by atoms with Crippen LogP contribution in [0.3, 0.4) is 0 Å². The van der Waals surface area contributed by atoms with Crippen molar-refractivity contribution in [2.24, 2.45) is 17.8 Å². The van der Waals surface area contributed by atoms with Crippen molar-refractivity contribution in [3.63, 3.8) is 0 Å². The highest BCUT2D eigenvalue weighted by molar-refractivity contribution is 7.89. The van der Waals surface area contributed by atoms with E-state index in [1.807, 2.05) is 9.62 Å². The second-order valence-electron chi connectivity index (χ2n) is 10.1. The van der Waals surface area contributed by atoms with E-state index in [1.54, 1.807) is 6.92 Å². The number of carbonyl (C=O) groups excluding carboxylic acids is 4. The zero-order chi connectivity index (χ0) is 28.8. The van der Waals surface area contributed by atoms with E-state index in [0.29, 0.717) is 18.5 Å². The average molecular weight is 565 g/mol. The fourth-order valence-corrected chi connectivity index (χ4v) is 5.98. The number of likely N-dealkylation sites (tertiary alicyclic amines) is 1. The van der Waals surface area contributed by atoms with Gasteiger partial charge >= 0.3 is 11.9 Å². The molecule has 0 radical (unpaired) electrons. The SMILES string of the molecule is C[C@@H](O)[C@H]1C(=O)N2C(C(=O)OC(=O)c3ccc([N+](=O)[O-])cc3)=C(CN3CC[C@H](C(=O)NS(C)(=O)=O)C3)[C@H](C)[C@H]12. The maximum absolute atomic E-state index is 13.3. The summed E-state index contributed by atoms with van der Waals surface area (Å²) < 4.78 is 29.9. The fraction of sp³-hybridized carbons (Fsp3) is 0.500. The number of carbonyl (C=O) groups is 4. The summed E-state index contributed by atoms with van der Waals surface area (Å²) in [6, 6.07) is 3.95. The van der Waals surface area contributed by atoms with Gasteiger partial charge in [-0.1, -0.05) is 6.92 Å². The number of non-ortho nitro benzene ring substituents is 1. The molecule has 5 atom stereocenters. The van der Waals surface area contributed by atoms with Crippen LogP contribution < -0.4 is 4.72 Å². The van der Waals surface area contributed by atoms with Crippen LogP contribution in [-0.2, 0) is 29.1 Å². The summed E-state index contributed by atoms with van der Waals surface area (Å²) in [6.45, 7) is 4.04. The zero-order valence-corrected chi connectivity index (χ0v) is 22.2. The number of fused-ring (bicyclic) bond motifs is 1. The Morgan fingerprint density at radius 2 is 1.87 bits per heavy atom.